The van der Waals surface area contributed by atoms with Gasteiger partial charge in [-0.25, -0.2) is 4.79 Å². The standard InChI is InChI=1S/C18H22N4O3/c1-12(2)22-15-7-8-21(10-14(15)20-18(22)24)17(23)11-25-16-6-4-3-5-13(16)9-19/h3-6,12,14-15H,7-8,10-11H2,1-2H3,(H,20,24)/t14-,15+/m1/s1. The smallest absolute Gasteiger partial charge is 0.318 e. The molecule has 2 atom stereocenters. The molecule has 1 aromatic rings. The summed E-state index contributed by atoms with van der Waals surface area (Å²) in [5.74, 6) is 0.275. The van der Waals surface area contributed by atoms with Gasteiger partial charge < -0.3 is 19.9 Å². The molecule has 3 rings (SSSR count). The van der Waals surface area contributed by atoms with Crippen molar-refractivity contribution in [1.29, 1.82) is 5.26 Å². The van der Waals surface area contributed by atoms with Crippen molar-refractivity contribution >= 4 is 11.9 Å². The molecule has 2 saturated heterocycles. The quantitative estimate of drug-likeness (QED) is 0.895. The topological polar surface area (TPSA) is 85.7 Å². The van der Waals surface area contributed by atoms with Crippen LogP contribution in [0.5, 0.6) is 5.75 Å². The number of hydrogen-bond acceptors (Lipinski definition) is 4. The van der Waals surface area contributed by atoms with E-state index in [0.29, 0.717) is 24.4 Å². The van der Waals surface area contributed by atoms with Gasteiger partial charge in [0.15, 0.2) is 6.61 Å². The summed E-state index contributed by atoms with van der Waals surface area (Å²) in [6.07, 6.45) is 0.752. The number of urea groups is 1. The van der Waals surface area contributed by atoms with E-state index in [9.17, 15) is 9.59 Å². The molecule has 2 fully saturated rings. The lowest BCUT2D eigenvalue weighted by Gasteiger charge is -2.37. The highest BCUT2D eigenvalue weighted by Crippen LogP contribution is 2.25. The summed E-state index contributed by atoms with van der Waals surface area (Å²) in [7, 11) is 0. The zero-order chi connectivity index (χ0) is 18.0. The van der Waals surface area contributed by atoms with E-state index in [-0.39, 0.29) is 36.7 Å². The maximum absolute atomic E-state index is 12.4. The van der Waals surface area contributed by atoms with Crippen LogP contribution in [0.2, 0.25) is 0 Å². The third-order valence-electron chi connectivity index (χ3n) is 4.74. The summed E-state index contributed by atoms with van der Waals surface area (Å²) in [5, 5.41) is 12.0. The van der Waals surface area contributed by atoms with Gasteiger partial charge in [-0.1, -0.05) is 12.1 Å². The van der Waals surface area contributed by atoms with Gasteiger partial charge in [0.05, 0.1) is 17.6 Å². The summed E-state index contributed by atoms with van der Waals surface area (Å²) < 4.78 is 5.52. The Labute approximate surface area is 147 Å². The highest BCUT2D eigenvalue weighted by Gasteiger charge is 2.44. The van der Waals surface area contributed by atoms with Gasteiger partial charge in [0.1, 0.15) is 11.8 Å². The van der Waals surface area contributed by atoms with Crippen molar-refractivity contribution in [1.82, 2.24) is 15.1 Å². The number of nitriles is 1. The number of ether oxygens (including phenoxy) is 1. The van der Waals surface area contributed by atoms with Crippen LogP contribution in [-0.4, -0.2) is 59.6 Å². The molecule has 0 radical (unpaired) electrons. The molecule has 7 nitrogen and oxygen atoms in total. The van der Waals surface area contributed by atoms with Crippen molar-refractivity contribution in [2.45, 2.75) is 38.4 Å². The summed E-state index contributed by atoms with van der Waals surface area (Å²) >= 11 is 0. The molecule has 3 amide bonds. The Hall–Kier alpha value is -2.75. The lowest BCUT2D eigenvalue weighted by molar-refractivity contribution is -0.135. The summed E-state index contributed by atoms with van der Waals surface area (Å²) in [6, 6.07) is 9.07. The Balaban J connectivity index is 1.58. The van der Waals surface area contributed by atoms with Gasteiger partial charge >= 0.3 is 6.03 Å². The fourth-order valence-corrected chi connectivity index (χ4v) is 3.56. The predicted molar refractivity (Wildman–Crippen MR) is 90.9 cm³/mol. The van der Waals surface area contributed by atoms with Crippen molar-refractivity contribution in [3.8, 4) is 11.8 Å². The van der Waals surface area contributed by atoms with Crippen LogP contribution >= 0.6 is 0 Å². The average Bonchev–Trinajstić information content (AvgIpc) is 2.94. The predicted octanol–water partition coefficient (Wildman–Crippen LogP) is 1.34. The highest BCUT2D eigenvalue weighted by atomic mass is 16.5. The second kappa shape index (κ2) is 7.01. The van der Waals surface area contributed by atoms with Crippen LogP contribution in [0.4, 0.5) is 4.79 Å². The van der Waals surface area contributed by atoms with Gasteiger partial charge in [-0.15, -0.1) is 0 Å². The van der Waals surface area contributed by atoms with Crippen LogP contribution in [0.15, 0.2) is 24.3 Å². The van der Waals surface area contributed by atoms with Gasteiger partial charge in [-0.05, 0) is 32.4 Å². The molecule has 2 heterocycles. The van der Waals surface area contributed by atoms with E-state index in [1.54, 1.807) is 29.2 Å². The zero-order valence-electron chi connectivity index (χ0n) is 14.4. The minimum atomic E-state index is -0.136. The van der Waals surface area contributed by atoms with E-state index in [0.717, 1.165) is 6.42 Å². The molecule has 2 aliphatic heterocycles. The van der Waals surface area contributed by atoms with Crippen LogP contribution in [0.1, 0.15) is 25.8 Å². The van der Waals surface area contributed by atoms with E-state index >= 15 is 0 Å². The molecule has 0 spiro atoms. The number of amides is 3. The number of fused-ring (bicyclic) bond motifs is 1. The van der Waals surface area contributed by atoms with E-state index in [1.165, 1.54) is 0 Å². The number of carbonyl (C=O) groups excluding carboxylic acids is 2. The molecular formula is C18H22N4O3. The second-order valence-electron chi connectivity index (χ2n) is 6.65. The maximum atomic E-state index is 12.4. The molecule has 0 saturated carbocycles. The molecular weight excluding hydrogens is 320 g/mol. The van der Waals surface area contributed by atoms with E-state index < -0.39 is 0 Å². The fourth-order valence-electron chi connectivity index (χ4n) is 3.56. The SMILES string of the molecule is CC(C)N1C(=O)N[C@@H]2CN(C(=O)COc3ccccc3C#N)CC[C@@H]21. The van der Waals surface area contributed by atoms with Gasteiger partial charge in [0, 0.05) is 19.1 Å². The molecule has 2 aliphatic rings. The van der Waals surface area contributed by atoms with E-state index in [2.05, 4.69) is 5.32 Å². The van der Waals surface area contributed by atoms with Crippen LogP contribution in [0.3, 0.4) is 0 Å². The van der Waals surface area contributed by atoms with Crippen LogP contribution in [0.25, 0.3) is 0 Å². The molecule has 1 aromatic carbocycles. The van der Waals surface area contributed by atoms with Crippen molar-refractivity contribution < 1.29 is 14.3 Å². The summed E-state index contributed by atoms with van der Waals surface area (Å²) in [5.41, 5.74) is 0.407. The molecule has 0 aliphatic carbocycles. The first-order chi connectivity index (χ1) is 12.0. The van der Waals surface area contributed by atoms with Crippen molar-refractivity contribution in [3.63, 3.8) is 0 Å². The highest BCUT2D eigenvalue weighted by molar-refractivity contribution is 5.80. The molecule has 1 N–H and O–H groups in total. The van der Waals surface area contributed by atoms with Crippen molar-refractivity contribution in [3.05, 3.63) is 29.8 Å². The number of nitrogens with one attached hydrogen (secondary N) is 1. The number of benzene rings is 1. The summed E-state index contributed by atoms with van der Waals surface area (Å²) in [6.45, 7) is 4.97. The van der Waals surface area contributed by atoms with Crippen LogP contribution in [-0.2, 0) is 4.79 Å². The number of para-hydroxylation sites is 1. The minimum absolute atomic E-state index is 0.0426. The number of nitrogens with zero attached hydrogens (tertiary/aromatic N) is 3. The number of rotatable bonds is 4. The molecule has 132 valence electrons. The third-order valence-corrected chi connectivity index (χ3v) is 4.74. The Bertz CT molecular complexity index is 713. The Morgan fingerprint density at radius 3 is 2.92 bits per heavy atom. The molecule has 0 bridgehead atoms. The summed E-state index contributed by atoms with van der Waals surface area (Å²) in [4.78, 5) is 28.1. The van der Waals surface area contributed by atoms with Crippen LogP contribution < -0.4 is 10.1 Å². The Morgan fingerprint density at radius 2 is 2.20 bits per heavy atom. The van der Waals surface area contributed by atoms with E-state index in [1.807, 2.05) is 24.8 Å². The maximum Gasteiger partial charge on any atom is 0.318 e. The first-order valence-electron chi connectivity index (χ1n) is 8.49. The van der Waals surface area contributed by atoms with Crippen molar-refractivity contribution in [2.24, 2.45) is 0 Å². The van der Waals surface area contributed by atoms with E-state index in [4.69, 9.17) is 10.00 Å². The van der Waals surface area contributed by atoms with Crippen molar-refractivity contribution in [2.75, 3.05) is 19.7 Å². The number of piperidine rings is 1. The zero-order valence-corrected chi connectivity index (χ0v) is 14.4. The number of likely N-dealkylation sites (tertiary alicyclic amines) is 1. The Morgan fingerprint density at radius 1 is 1.44 bits per heavy atom. The fraction of sp³-hybridized carbons (Fsp3) is 0.500. The van der Waals surface area contributed by atoms with Crippen LogP contribution in [0, 0.1) is 11.3 Å². The minimum Gasteiger partial charge on any atom is -0.482 e. The molecule has 0 aromatic heterocycles. The van der Waals surface area contributed by atoms with Gasteiger partial charge in [-0.2, -0.15) is 5.26 Å². The lowest BCUT2D eigenvalue weighted by Crippen LogP contribution is -2.54. The third kappa shape index (κ3) is 3.38. The number of hydrogen-bond donors (Lipinski definition) is 1. The number of carbonyl (C=O) groups is 2. The van der Waals surface area contributed by atoms with Gasteiger partial charge in [0.2, 0.25) is 0 Å². The monoisotopic (exact) mass is 342 g/mol. The Kier molecular flexibility index (Phi) is 4.79. The molecule has 7 heteroatoms. The molecule has 0 unspecified atom stereocenters. The molecule has 25 heavy (non-hydrogen) atoms. The lowest BCUT2D eigenvalue weighted by atomic mass is 9.99. The first-order valence-corrected chi connectivity index (χ1v) is 8.49. The van der Waals surface area contributed by atoms with Gasteiger partial charge in [-0.3, -0.25) is 4.79 Å². The average molecular weight is 342 g/mol. The normalized spacial score (nSPS) is 22.4. The van der Waals surface area contributed by atoms with Gasteiger partial charge in [0.25, 0.3) is 5.91 Å². The largest absolute Gasteiger partial charge is 0.482 e. The second-order valence-corrected chi connectivity index (χ2v) is 6.65. The first kappa shape index (κ1) is 17.1.